The second-order valence-electron chi connectivity index (χ2n) is 4.55. The van der Waals surface area contributed by atoms with Gasteiger partial charge in [0.25, 0.3) is 0 Å². The summed E-state index contributed by atoms with van der Waals surface area (Å²) in [4.78, 5) is 4.51. The molecule has 2 aromatic rings. The molecule has 1 N–H and O–H groups in total. The van der Waals surface area contributed by atoms with Gasteiger partial charge in [-0.05, 0) is 44.4 Å². The summed E-state index contributed by atoms with van der Waals surface area (Å²) in [6, 6.07) is 6.06. The van der Waals surface area contributed by atoms with E-state index >= 15 is 0 Å². The molecule has 0 amide bonds. The van der Waals surface area contributed by atoms with Crippen LogP contribution in [0, 0.1) is 13.8 Å². The van der Waals surface area contributed by atoms with Crippen LogP contribution >= 0.6 is 0 Å². The number of aromatic amines is 1. The van der Waals surface area contributed by atoms with Crippen LogP contribution in [0.15, 0.2) is 18.2 Å². The first-order valence-electron chi connectivity index (χ1n) is 8.74. The van der Waals surface area contributed by atoms with E-state index in [4.69, 9.17) is 0 Å². The molecule has 0 aliphatic heterocycles. The highest BCUT2D eigenvalue weighted by Gasteiger charge is 2.28. The maximum Gasteiger partial charge on any atom is 0.114 e. The topological polar surface area (TPSA) is 41.6 Å². The number of H-pyrrole nitrogens is 1. The van der Waals surface area contributed by atoms with Crippen molar-refractivity contribution in [2.45, 2.75) is 74.1 Å². The highest BCUT2D eigenvalue weighted by molar-refractivity contribution is 5.60. The Morgan fingerprint density at radius 1 is 0.955 bits per heavy atom. The molecule has 1 aliphatic rings. The van der Waals surface area contributed by atoms with Crippen molar-refractivity contribution in [2.75, 3.05) is 0 Å². The lowest BCUT2D eigenvalue weighted by Crippen LogP contribution is -1.88. The number of rotatable bonds is 2. The average Bonchev–Trinajstić information content (AvgIpc) is 3.35. The van der Waals surface area contributed by atoms with E-state index in [0.717, 1.165) is 17.1 Å². The summed E-state index contributed by atoms with van der Waals surface area (Å²) >= 11 is 0. The van der Waals surface area contributed by atoms with Crippen molar-refractivity contribution in [3.8, 4) is 11.4 Å². The van der Waals surface area contributed by atoms with Gasteiger partial charge < -0.3 is 0 Å². The molecule has 3 heteroatoms. The molecule has 3 nitrogen and oxygen atoms in total. The van der Waals surface area contributed by atoms with E-state index in [-0.39, 0.29) is 0 Å². The fraction of sp³-hybridized carbons (Fsp3) is 0.579. The van der Waals surface area contributed by atoms with Crippen LogP contribution in [0.25, 0.3) is 11.4 Å². The molecule has 0 bridgehead atoms. The summed E-state index contributed by atoms with van der Waals surface area (Å²) in [5.41, 5.74) is 5.58. The maximum absolute atomic E-state index is 4.51. The lowest BCUT2D eigenvalue weighted by molar-refractivity contribution is 0.959. The van der Waals surface area contributed by atoms with Gasteiger partial charge in [0.05, 0.1) is 5.69 Å². The average molecular weight is 303 g/mol. The van der Waals surface area contributed by atoms with Crippen LogP contribution < -0.4 is 0 Å². The van der Waals surface area contributed by atoms with Gasteiger partial charge in [0.1, 0.15) is 5.69 Å². The molecule has 124 valence electrons. The summed E-state index contributed by atoms with van der Waals surface area (Å²) < 4.78 is 0. The zero-order chi connectivity index (χ0) is 17.1. The van der Waals surface area contributed by atoms with Gasteiger partial charge in [-0.3, -0.25) is 10.1 Å². The molecular formula is C19H33N3. The second-order valence-corrected chi connectivity index (χ2v) is 4.55. The molecule has 3 rings (SSSR count). The third kappa shape index (κ3) is 5.28. The Hall–Kier alpha value is -1.64. The second kappa shape index (κ2) is 11.0. The van der Waals surface area contributed by atoms with E-state index in [9.17, 15) is 0 Å². The number of pyridine rings is 1. The molecular weight excluding hydrogens is 270 g/mol. The highest BCUT2D eigenvalue weighted by Crippen LogP contribution is 2.42. The minimum Gasteiger partial charge on any atom is -0.281 e. The van der Waals surface area contributed by atoms with Gasteiger partial charge in [-0.1, -0.05) is 47.6 Å². The van der Waals surface area contributed by atoms with E-state index in [1.54, 1.807) is 0 Å². The minimum absolute atomic E-state index is 0.714. The SMILES string of the molecule is CC.CC.CC.Cc1cccc(-c2n[nH]c(C3CC3)c2C)n1. The van der Waals surface area contributed by atoms with Gasteiger partial charge in [-0.15, -0.1) is 0 Å². The zero-order valence-electron chi connectivity index (χ0n) is 15.6. The van der Waals surface area contributed by atoms with Crippen molar-refractivity contribution in [1.29, 1.82) is 0 Å². The van der Waals surface area contributed by atoms with Gasteiger partial charge in [0.15, 0.2) is 0 Å². The fourth-order valence-electron chi connectivity index (χ4n) is 2.11. The van der Waals surface area contributed by atoms with Crippen LogP contribution in [0.3, 0.4) is 0 Å². The number of hydrogen-bond donors (Lipinski definition) is 1. The molecule has 2 aromatic heterocycles. The molecule has 0 radical (unpaired) electrons. The third-order valence-corrected chi connectivity index (χ3v) is 3.16. The van der Waals surface area contributed by atoms with E-state index in [1.165, 1.54) is 24.1 Å². The van der Waals surface area contributed by atoms with Crippen molar-refractivity contribution in [2.24, 2.45) is 0 Å². The van der Waals surface area contributed by atoms with Crippen LogP contribution in [0.5, 0.6) is 0 Å². The Kier molecular flexibility index (Phi) is 10.2. The Morgan fingerprint density at radius 3 is 2.05 bits per heavy atom. The van der Waals surface area contributed by atoms with Gasteiger partial charge in [-0.25, -0.2) is 0 Å². The third-order valence-electron chi connectivity index (χ3n) is 3.16. The number of nitrogens with one attached hydrogen (secondary N) is 1. The molecule has 0 saturated heterocycles. The molecule has 1 saturated carbocycles. The molecule has 0 atom stereocenters. The highest BCUT2D eigenvalue weighted by atomic mass is 15.1. The predicted octanol–water partition coefficient (Wildman–Crippen LogP) is 6.04. The molecule has 0 spiro atoms. The monoisotopic (exact) mass is 303 g/mol. The van der Waals surface area contributed by atoms with Crippen molar-refractivity contribution in [1.82, 2.24) is 15.2 Å². The standard InChI is InChI=1S/C13H15N3.3C2H6/c1-8-4-3-5-11(14-8)13-9(2)12(15-16-13)10-6-7-10;3*1-2/h3-5,10H,6-7H2,1-2H3,(H,15,16);3*1-2H3. The Morgan fingerprint density at radius 2 is 1.55 bits per heavy atom. The molecule has 0 unspecified atom stereocenters. The fourth-order valence-corrected chi connectivity index (χ4v) is 2.11. The Bertz CT molecular complexity index is 525. The summed E-state index contributed by atoms with van der Waals surface area (Å²) in [5, 5.41) is 7.56. The predicted molar refractivity (Wildman–Crippen MR) is 97.3 cm³/mol. The van der Waals surface area contributed by atoms with Gasteiger partial charge in [-0.2, -0.15) is 5.10 Å². The summed E-state index contributed by atoms with van der Waals surface area (Å²) in [5.74, 6) is 0.714. The van der Waals surface area contributed by atoms with E-state index in [0.29, 0.717) is 5.92 Å². The summed E-state index contributed by atoms with van der Waals surface area (Å²) in [7, 11) is 0. The molecule has 0 aromatic carbocycles. The van der Waals surface area contributed by atoms with Crippen molar-refractivity contribution >= 4 is 0 Å². The number of aromatic nitrogens is 3. The first-order chi connectivity index (χ1) is 10.8. The summed E-state index contributed by atoms with van der Waals surface area (Å²) in [6.45, 7) is 16.1. The lowest BCUT2D eigenvalue weighted by Gasteiger charge is -1.99. The largest absolute Gasteiger partial charge is 0.281 e. The smallest absolute Gasteiger partial charge is 0.114 e. The van der Waals surface area contributed by atoms with E-state index in [2.05, 4.69) is 22.1 Å². The van der Waals surface area contributed by atoms with E-state index in [1.807, 2.05) is 66.7 Å². The number of aryl methyl sites for hydroxylation is 1. The maximum atomic E-state index is 4.51. The first-order valence-corrected chi connectivity index (χ1v) is 8.74. The lowest BCUT2D eigenvalue weighted by atomic mass is 10.1. The first kappa shape index (κ1) is 20.4. The van der Waals surface area contributed by atoms with Gasteiger partial charge in [0.2, 0.25) is 0 Å². The normalized spacial score (nSPS) is 12.0. The van der Waals surface area contributed by atoms with Gasteiger partial charge in [0, 0.05) is 17.3 Å². The Balaban J connectivity index is 0.000000661. The molecule has 1 fully saturated rings. The molecule has 1 aliphatic carbocycles. The van der Waals surface area contributed by atoms with Crippen molar-refractivity contribution in [3.05, 3.63) is 35.2 Å². The van der Waals surface area contributed by atoms with Crippen LogP contribution in [-0.2, 0) is 0 Å². The van der Waals surface area contributed by atoms with Crippen LogP contribution in [0.1, 0.15) is 77.3 Å². The van der Waals surface area contributed by atoms with Crippen LogP contribution in [0.4, 0.5) is 0 Å². The summed E-state index contributed by atoms with van der Waals surface area (Å²) in [6.07, 6.45) is 2.59. The molecule has 2 heterocycles. The zero-order valence-corrected chi connectivity index (χ0v) is 15.6. The van der Waals surface area contributed by atoms with Crippen molar-refractivity contribution < 1.29 is 0 Å². The van der Waals surface area contributed by atoms with E-state index < -0.39 is 0 Å². The Labute approximate surface area is 136 Å². The number of nitrogens with zero attached hydrogens (tertiary/aromatic N) is 2. The van der Waals surface area contributed by atoms with Crippen molar-refractivity contribution in [3.63, 3.8) is 0 Å². The number of hydrogen-bond acceptors (Lipinski definition) is 2. The minimum atomic E-state index is 0.714. The van der Waals surface area contributed by atoms with Crippen LogP contribution in [-0.4, -0.2) is 15.2 Å². The van der Waals surface area contributed by atoms with Gasteiger partial charge >= 0.3 is 0 Å². The quantitative estimate of drug-likeness (QED) is 0.734. The van der Waals surface area contributed by atoms with Crippen LogP contribution in [0.2, 0.25) is 0 Å². The molecule has 22 heavy (non-hydrogen) atoms.